The molecule has 0 radical (unpaired) electrons. The van der Waals surface area contributed by atoms with E-state index < -0.39 is 0 Å². The van der Waals surface area contributed by atoms with Gasteiger partial charge in [0.15, 0.2) is 5.11 Å². The lowest BCUT2D eigenvalue weighted by Crippen LogP contribution is -2.40. The number of hydrogen-bond acceptors (Lipinski definition) is 3. The molecule has 5 rings (SSSR count). The van der Waals surface area contributed by atoms with Crippen LogP contribution in [0.25, 0.3) is 5.69 Å². The molecule has 0 bridgehead atoms. The number of benzene rings is 1. The van der Waals surface area contributed by atoms with Crippen LogP contribution >= 0.6 is 12.2 Å². The van der Waals surface area contributed by atoms with Crippen molar-refractivity contribution in [3.8, 4) is 11.4 Å². The normalized spacial score (nSPS) is 21.7. The first kappa shape index (κ1) is 21.0. The SMILES string of the molecule is Cc1cc(C2C(c3ccccn3)NC(=S)N2C2CCCCC2)c(C)n1-c1ccccc1O. The van der Waals surface area contributed by atoms with Gasteiger partial charge in [-0.25, -0.2) is 0 Å². The first-order valence-electron chi connectivity index (χ1n) is 11.5. The quantitative estimate of drug-likeness (QED) is 0.518. The van der Waals surface area contributed by atoms with E-state index in [4.69, 9.17) is 12.2 Å². The zero-order valence-corrected chi connectivity index (χ0v) is 19.5. The molecule has 1 aromatic carbocycles. The Morgan fingerprint density at radius 2 is 1.78 bits per heavy atom. The van der Waals surface area contributed by atoms with Crippen molar-refractivity contribution in [2.75, 3.05) is 0 Å². The van der Waals surface area contributed by atoms with Gasteiger partial charge >= 0.3 is 0 Å². The molecule has 3 aromatic rings. The van der Waals surface area contributed by atoms with Gasteiger partial charge in [-0.3, -0.25) is 4.98 Å². The number of para-hydroxylation sites is 2. The molecule has 1 aliphatic heterocycles. The summed E-state index contributed by atoms with van der Waals surface area (Å²) in [5.74, 6) is 0.284. The van der Waals surface area contributed by atoms with Crippen molar-refractivity contribution in [2.45, 2.75) is 64.1 Å². The molecule has 2 atom stereocenters. The van der Waals surface area contributed by atoms with Crippen LogP contribution < -0.4 is 5.32 Å². The molecule has 0 spiro atoms. The van der Waals surface area contributed by atoms with Gasteiger partial charge in [-0.05, 0) is 74.8 Å². The third kappa shape index (κ3) is 3.56. The summed E-state index contributed by atoms with van der Waals surface area (Å²) >= 11 is 5.91. The minimum atomic E-state index is -0.0102. The molecule has 1 saturated carbocycles. The summed E-state index contributed by atoms with van der Waals surface area (Å²) < 4.78 is 2.15. The lowest BCUT2D eigenvalue weighted by Gasteiger charge is -2.37. The Morgan fingerprint density at radius 3 is 2.50 bits per heavy atom. The molecule has 1 saturated heterocycles. The van der Waals surface area contributed by atoms with Gasteiger partial charge in [0.05, 0.1) is 23.5 Å². The number of nitrogens with one attached hydrogen (secondary N) is 1. The third-order valence-electron chi connectivity index (χ3n) is 7.01. The molecular weight excluding hydrogens is 416 g/mol. The summed E-state index contributed by atoms with van der Waals surface area (Å²) in [5.41, 5.74) is 5.27. The number of hydrogen-bond donors (Lipinski definition) is 2. The highest BCUT2D eigenvalue weighted by molar-refractivity contribution is 7.80. The topological polar surface area (TPSA) is 53.3 Å². The Balaban J connectivity index is 1.64. The van der Waals surface area contributed by atoms with Gasteiger partial charge in [0.25, 0.3) is 0 Å². The lowest BCUT2D eigenvalue weighted by molar-refractivity contribution is 0.197. The lowest BCUT2D eigenvalue weighted by atomic mass is 9.90. The molecule has 2 unspecified atom stereocenters. The third-order valence-corrected chi connectivity index (χ3v) is 7.34. The van der Waals surface area contributed by atoms with Gasteiger partial charge in [0, 0.05) is 23.6 Å². The molecule has 2 aliphatic rings. The van der Waals surface area contributed by atoms with Gasteiger partial charge in [-0.1, -0.05) is 37.5 Å². The number of phenolic OH excluding ortho intramolecular Hbond substituents is 1. The highest BCUT2D eigenvalue weighted by Crippen LogP contribution is 2.44. The second-order valence-corrected chi connectivity index (χ2v) is 9.36. The van der Waals surface area contributed by atoms with Gasteiger partial charge in [0.1, 0.15) is 5.75 Å². The number of nitrogens with zero attached hydrogens (tertiary/aromatic N) is 3. The predicted molar refractivity (Wildman–Crippen MR) is 131 cm³/mol. The Bertz CT molecular complexity index is 1120. The van der Waals surface area contributed by atoms with Crippen LogP contribution in [0, 0.1) is 13.8 Å². The Kier molecular flexibility index (Phi) is 5.64. The molecule has 1 aliphatic carbocycles. The maximum Gasteiger partial charge on any atom is 0.170 e. The number of pyridine rings is 1. The van der Waals surface area contributed by atoms with Gasteiger partial charge in [-0.2, -0.15) is 0 Å². The van der Waals surface area contributed by atoms with Crippen molar-refractivity contribution in [2.24, 2.45) is 0 Å². The summed E-state index contributed by atoms with van der Waals surface area (Å²) in [5, 5.41) is 15.0. The van der Waals surface area contributed by atoms with Crippen LogP contribution in [0.15, 0.2) is 54.7 Å². The molecule has 5 nitrogen and oxygen atoms in total. The highest BCUT2D eigenvalue weighted by atomic mass is 32.1. The minimum Gasteiger partial charge on any atom is -0.506 e. The average molecular weight is 447 g/mol. The fourth-order valence-electron chi connectivity index (χ4n) is 5.56. The Morgan fingerprint density at radius 1 is 1.03 bits per heavy atom. The summed E-state index contributed by atoms with van der Waals surface area (Å²) in [7, 11) is 0. The van der Waals surface area contributed by atoms with Crippen molar-refractivity contribution < 1.29 is 5.11 Å². The van der Waals surface area contributed by atoms with Crippen LogP contribution in [0.2, 0.25) is 0 Å². The number of phenols is 1. The fourth-order valence-corrected chi connectivity index (χ4v) is 5.95. The van der Waals surface area contributed by atoms with Crippen molar-refractivity contribution >= 4 is 17.3 Å². The standard InChI is InChI=1S/C26H30N4OS/c1-17-16-20(18(2)29(17)22-13-6-7-14-23(22)31)25-24(21-12-8-9-15-27-21)28-26(32)30(25)19-10-4-3-5-11-19/h6-9,12-16,19,24-25,31H,3-5,10-11H2,1-2H3,(H,28,32). The zero-order chi connectivity index (χ0) is 22.2. The van der Waals surface area contributed by atoms with E-state index >= 15 is 0 Å². The molecule has 6 heteroatoms. The predicted octanol–water partition coefficient (Wildman–Crippen LogP) is 5.50. The number of aromatic nitrogens is 2. The van der Waals surface area contributed by atoms with E-state index in [1.807, 2.05) is 36.5 Å². The van der Waals surface area contributed by atoms with E-state index in [1.54, 1.807) is 6.07 Å². The van der Waals surface area contributed by atoms with Gasteiger partial charge in [-0.15, -0.1) is 0 Å². The molecular formula is C26H30N4OS. The van der Waals surface area contributed by atoms with E-state index in [0.717, 1.165) is 27.9 Å². The van der Waals surface area contributed by atoms with Gasteiger partial charge < -0.3 is 19.9 Å². The number of aromatic hydroxyl groups is 1. The summed E-state index contributed by atoms with van der Waals surface area (Å²) in [6.07, 6.45) is 8.01. The minimum absolute atomic E-state index is 0.0102. The molecule has 2 N–H and O–H groups in total. The zero-order valence-electron chi connectivity index (χ0n) is 18.7. The molecule has 2 fully saturated rings. The molecule has 0 amide bonds. The number of aryl methyl sites for hydroxylation is 1. The summed E-state index contributed by atoms with van der Waals surface area (Å²) in [6.45, 7) is 4.25. The summed E-state index contributed by atoms with van der Waals surface area (Å²) in [4.78, 5) is 7.14. The Hall–Kier alpha value is -2.86. The Labute approximate surface area is 195 Å². The number of rotatable bonds is 4. The smallest absolute Gasteiger partial charge is 0.170 e. The second kappa shape index (κ2) is 8.58. The van der Waals surface area contributed by atoms with E-state index in [-0.39, 0.29) is 17.8 Å². The molecule has 32 heavy (non-hydrogen) atoms. The van der Waals surface area contributed by atoms with E-state index in [1.165, 1.54) is 37.7 Å². The highest BCUT2D eigenvalue weighted by Gasteiger charge is 2.44. The molecule has 2 aromatic heterocycles. The monoisotopic (exact) mass is 446 g/mol. The van der Waals surface area contributed by atoms with E-state index in [2.05, 4.69) is 45.7 Å². The van der Waals surface area contributed by atoms with E-state index in [9.17, 15) is 5.11 Å². The average Bonchev–Trinajstić information content (AvgIpc) is 3.31. The van der Waals surface area contributed by atoms with E-state index in [0.29, 0.717) is 6.04 Å². The first-order chi connectivity index (χ1) is 15.6. The molecule has 3 heterocycles. The molecule has 166 valence electrons. The first-order valence-corrected chi connectivity index (χ1v) is 11.9. The second-order valence-electron chi connectivity index (χ2n) is 8.98. The van der Waals surface area contributed by atoms with Crippen molar-refractivity contribution in [3.63, 3.8) is 0 Å². The number of thiocarbonyl (C=S) groups is 1. The van der Waals surface area contributed by atoms with Crippen LogP contribution in [0.3, 0.4) is 0 Å². The maximum absolute atomic E-state index is 10.5. The van der Waals surface area contributed by atoms with Crippen molar-refractivity contribution in [3.05, 3.63) is 77.4 Å². The van der Waals surface area contributed by atoms with Crippen LogP contribution in [0.1, 0.15) is 66.8 Å². The van der Waals surface area contributed by atoms with Crippen molar-refractivity contribution in [1.29, 1.82) is 0 Å². The summed E-state index contributed by atoms with van der Waals surface area (Å²) in [6, 6.07) is 16.4. The largest absolute Gasteiger partial charge is 0.506 e. The maximum atomic E-state index is 10.5. The van der Waals surface area contributed by atoms with Crippen molar-refractivity contribution in [1.82, 2.24) is 19.8 Å². The van der Waals surface area contributed by atoms with Crippen LogP contribution in [-0.4, -0.2) is 30.7 Å². The van der Waals surface area contributed by atoms with Crippen LogP contribution in [0.5, 0.6) is 5.75 Å². The fraction of sp³-hybridized carbons (Fsp3) is 0.385. The van der Waals surface area contributed by atoms with Gasteiger partial charge in [0.2, 0.25) is 0 Å². The van der Waals surface area contributed by atoms with Crippen LogP contribution in [-0.2, 0) is 0 Å². The van der Waals surface area contributed by atoms with Crippen LogP contribution in [0.4, 0.5) is 0 Å².